The third-order valence-electron chi connectivity index (χ3n) is 4.44. The molecule has 128 valence electrons. The van der Waals surface area contributed by atoms with Crippen molar-refractivity contribution in [3.05, 3.63) is 60.2 Å². The van der Waals surface area contributed by atoms with Crippen LogP contribution in [-0.2, 0) is 16.4 Å². The Morgan fingerprint density at radius 2 is 1.58 bits per heavy atom. The largest absolute Gasteiger partial charge is 0.369 e. The molecule has 0 unspecified atom stereocenters. The minimum Gasteiger partial charge on any atom is -0.369 e. The first-order valence-corrected chi connectivity index (χ1v) is 10.2. The van der Waals surface area contributed by atoms with Crippen LogP contribution in [0, 0.1) is 0 Å². The van der Waals surface area contributed by atoms with Gasteiger partial charge in [-0.1, -0.05) is 42.5 Å². The quantitative estimate of drug-likeness (QED) is 0.855. The van der Waals surface area contributed by atoms with Crippen LogP contribution in [0.3, 0.4) is 0 Å². The lowest BCUT2D eigenvalue weighted by Crippen LogP contribution is -2.31. The molecule has 24 heavy (non-hydrogen) atoms. The van der Waals surface area contributed by atoms with Crippen molar-refractivity contribution in [1.29, 1.82) is 0 Å². The Kier molecular flexibility index (Phi) is 5.21. The molecule has 0 bridgehead atoms. The molecule has 0 radical (unpaired) electrons. The van der Waals surface area contributed by atoms with Gasteiger partial charge < -0.3 is 4.90 Å². The van der Waals surface area contributed by atoms with Gasteiger partial charge in [0.1, 0.15) is 0 Å². The molecule has 0 N–H and O–H groups in total. The summed E-state index contributed by atoms with van der Waals surface area (Å²) in [7, 11) is -3.21. The molecule has 5 heteroatoms. The Labute approximate surface area is 144 Å². The van der Waals surface area contributed by atoms with Gasteiger partial charge in [0.15, 0.2) is 9.84 Å². The highest BCUT2D eigenvalue weighted by molar-refractivity contribution is 7.90. The summed E-state index contributed by atoms with van der Waals surface area (Å²) < 4.78 is 24.1. The molecule has 2 aromatic carbocycles. The van der Waals surface area contributed by atoms with Crippen LogP contribution in [0.1, 0.15) is 12.0 Å². The fourth-order valence-electron chi connectivity index (χ4n) is 3.24. The molecule has 0 spiro atoms. The summed E-state index contributed by atoms with van der Waals surface area (Å²) in [6, 6.07) is 17.8. The van der Waals surface area contributed by atoms with E-state index in [0.717, 1.165) is 44.8 Å². The van der Waals surface area contributed by atoms with Gasteiger partial charge in [-0.25, -0.2) is 8.42 Å². The maximum atomic E-state index is 12.1. The van der Waals surface area contributed by atoms with Crippen LogP contribution < -0.4 is 4.90 Å². The Balaban J connectivity index is 1.72. The Morgan fingerprint density at radius 3 is 2.33 bits per heavy atom. The fraction of sp³-hybridized carbons (Fsp3) is 0.368. The summed E-state index contributed by atoms with van der Waals surface area (Å²) in [5, 5.41) is 0. The predicted octanol–water partition coefficient (Wildman–Crippen LogP) is 2.80. The SMILES string of the molecule is CS(=O)(=O)c1ccccc1N1CCCN(Cc2ccccc2)CC1. The molecule has 2 aromatic rings. The van der Waals surface area contributed by atoms with Gasteiger partial charge in [0.25, 0.3) is 0 Å². The zero-order valence-corrected chi connectivity index (χ0v) is 14.9. The minimum absolute atomic E-state index is 0.432. The van der Waals surface area contributed by atoms with E-state index >= 15 is 0 Å². The van der Waals surface area contributed by atoms with E-state index in [0.29, 0.717) is 4.90 Å². The van der Waals surface area contributed by atoms with Crippen LogP contribution in [0.2, 0.25) is 0 Å². The van der Waals surface area contributed by atoms with E-state index in [2.05, 4.69) is 34.1 Å². The van der Waals surface area contributed by atoms with Crippen molar-refractivity contribution in [1.82, 2.24) is 4.90 Å². The van der Waals surface area contributed by atoms with Crippen molar-refractivity contribution in [3.8, 4) is 0 Å². The maximum Gasteiger partial charge on any atom is 0.177 e. The lowest BCUT2D eigenvalue weighted by molar-refractivity contribution is 0.285. The topological polar surface area (TPSA) is 40.6 Å². The van der Waals surface area contributed by atoms with Gasteiger partial charge >= 0.3 is 0 Å². The van der Waals surface area contributed by atoms with Gasteiger partial charge in [0.2, 0.25) is 0 Å². The lowest BCUT2D eigenvalue weighted by Gasteiger charge is -2.25. The number of rotatable bonds is 4. The van der Waals surface area contributed by atoms with Crippen molar-refractivity contribution in [2.45, 2.75) is 17.9 Å². The summed E-state index contributed by atoms with van der Waals surface area (Å²) in [6.45, 7) is 4.65. The van der Waals surface area contributed by atoms with Crippen LogP contribution in [0.4, 0.5) is 5.69 Å². The molecule has 0 atom stereocenters. The fourth-order valence-corrected chi connectivity index (χ4v) is 4.15. The lowest BCUT2D eigenvalue weighted by atomic mass is 10.2. The number of benzene rings is 2. The van der Waals surface area contributed by atoms with Gasteiger partial charge in [-0.3, -0.25) is 4.90 Å². The molecule has 1 aliphatic rings. The Bertz CT molecular complexity index is 775. The number of hydrogen-bond donors (Lipinski definition) is 0. The van der Waals surface area contributed by atoms with E-state index < -0.39 is 9.84 Å². The standard InChI is InChI=1S/C19H24N2O2S/c1-24(22,23)19-11-6-5-10-18(19)21-13-7-12-20(14-15-21)16-17-8-3-2-4-9-17/h2-6,8-11H,7,12-16H2,1H3. The van der Waals surface area contributed by atoms with Gasteiger partial charge in [-0.2, -0.15) is 0 Å². The van der Waals surface area contributed by atoms with Gasteiger partial charge in [0.05, 0.1) is 10.6 Å². The van der Waals surface area contributed by atoms with Gasteiger partial charge in [-0.15, -0.1) is 0 Å². The zero-order chi connectivity index (χ0) is 17.0. The average molecular weight is 344 g/mol. The first kappa shape index (κ1) is 17.0. The highest BCUT2D eigenvalue weighted by atomic mass is 32.2. The van der Waals surface area contributed by atoms with Crippen LogP contribution in [0.5, 0.6) is 0 Å². The molecule has 0 saturated carbocycles. The average Bonchev–Trinajstić information content (AvgIpc) is 2.81. The molecule has 0 amide bonds. The van der Waals surface area contributed by atoms with Crippen molar-refractivity contribution in [2.24, 2.45) is 0 Å². The smallest absolute Gasteiger partial charge is 0.177 e. The van der Waals surface area contributed by atoms with Crippen LogP contribution in [-0.4, -0.2) is 45.8 Å². The van der Waals surface area contributed by atoms with Crippen molar-refractivity contribution in [3.63, 3.8) is 0 Å². The molecular weight excluding hydrogens is 320 g/mol. The normalized spacial score (nSPS) is 16.8. The second-order valence-electron chi connectivity index (χ2n) is 6.34. The second-order valence-corrected chi connectivity index (χ2v) is 8.33. The first-order valence-electron chi connectivity index (χ1n) is 8.34. The van der Waals surface area contributed by atoms with Crippen molar-refractivity contribution < 1.29 is 8.42 Å². The number of anilines is 1. The monoisotopic (exact) mass is 344 g/mol. The van der Waals surface area contributed by atoms with Crippen molar-refractivity contribution in [2.75, 3.05) is 37.3 Å². The molecule has 0 aromatic heterocycles. The first-order chi connectivity index (χ1) is 11.5. The molecule has 1 aliphatic heterocycles. The molecule has 1 saturated heterocycles. The van der Waals surface area contributed by atoms with E-state index in [-0.39, 0.29) is 0 Å². The summed E-state index contributed by atoms with van der Waals surface area (Å²) in [5.41, 5.74) is 2.16. The highest BCUT2D eigenvalue weighted by Crippen LogP contribution is 2.26. The third-order valence-corrected chi connectivity index (χ3v) is 5.59. The molecule has 1 fully saturated rings. The van der Waals surface area contributed by atoms with E-state index in [1.54, 1.807) is 12.1 Å². The van der Waals surface area contributed by atoms with E-state index in [9.17, 15) is 8.42 Å². The van der Waals surface area contributed by atoms with Gasteiger partial charge in [-0.05, 0) is 24.1 Å². The highest BCUT2D eigenvalue weighted by Gasteiger charge is 2.20. The van der Waals surface area contributed by atoms with Gasteiger partial charge in [0, 0.05) is 39.0 Å². The number of hydrogen-bond acceptors (Lipinski definition) is 4. The second kappa shape index (κ2) is 7.36. The zero-order valence-electron chi connectivity index (χ0n) is 14.1. The van der Waals surface area contributed by atoms with Crippen LogP contribution in [0.15, 0.2) is 59.5 Å². The van der Waals surface area contributed by atoms with E-state index in [1.807, 2.05) is 18.2 Å². The summed E-state index contributed by atoms with van der Waals surface area (Å²) in [6.07, 6.45) is 2.32. The number of nitrogens with zero attached hydrogens (tertiary/aromatic N) is 2. The molecule has 3 rings (SSSR count). The third kappa shape index (κ3) is 4.16. The Hall–Kier alpha value is -1.85. The summed E-state index contributed by atoms with van der Waals surface area (Å²) in [4.78, 5) is 5.08. The number of sulfone groups is 1. The van der Waals surface area contributed by atoms with Crippen LogP contribution in [0.25, 0.3) is 0 Å². The molecule has 1 heterocycles. The van der Waals surface area contributed by atoms with E-state index in [4.69, 9.17) is 0 Å². The molecule has 0 aliphatic carbocycles. The Morgan fingerprint density at radius 1 is 0.875 bits per heavy atom. The van der Waals surface area contributed by atoms with E-state index in [1.165, 1.54) is 11.8 Å². The summed E-state index contributed by atoms with van der Waals surface area (Å²) >= 11 is 0. The summed E-state index contributed by atoms with van der Waals surface area (Å²) in [5.74, 6) is 0. The van der Waals surface area contributed by atoms with Crippen LogP contribution >= 0.6 is 0 Å². The molecular formula is C19H24N2O2S. The predicted molar refractivity (Wildman–Crippen MR) is 98.1 cm³/mol. The maximum absolute atomic E-state index is 12.1. The molecule has 4 nitrogen and oxygen atoms in total. The number of para-hydroxylation sites is 1. The minimum atomic E-state index is -3.21. The van der Waals surface area contributed by atoms with Crippen molar-refractivity contribution >= 4 is 15.5 Å².